The molecular weight excluding hydrogens is 360 g/mol. The predicted octanol–water partition coefficient (Wildman–Crippen LogP) is 5.49. The summed E-state index contributed by atoms with van der Waals surface area (Å²) in [6, 6.07) is 28.5. The molecule has 0 aliphatic heterocycles. The van der Waals surface area contributed by atoms with E-state index in [1.54, 1.807) is 0 Å². The van der Waals surface area contributed by atoms with Crippen LogP contribution in [0.1, 0.15) is 29.7 Å². The summed E-state index contributed by atoms with van der Waals surface area (Å²) in [5, 5.41) is 14.2. The van der Waals surface area contributed by atoms with Gasteiger partial charge in [0.25, 0.3) is 0 Å². The van der Waals surface area contributed by atoms with Gasteiger partial charge < -0.3 is 15.0 Å². The Morgan fingerprint density at radius 3 is 2.24 bits per heavy atom. The minimum atomic E-state index is -0.831. The van der Waals surface area contributed by atoms with Crippen LogP contribution in [-0.2, 0) is 17.8 Å². The summed E-state index contributed by atoms with van der Waals surface area (Å²) >= 11 is 0. The van der Waals surface area contributed by atoms with Crippen LogP contribution in [0.3, 0.4) is 0 Å². The Balaban J connectivity index is 1.84. The van der Waals surface area contributed by atoms with Crippen LogP contribution in [0.15, 0.2) is 84.9 Å². The Morgan fingerprint density at radius 2 is 1.55 bits per heavy atom. The van der Waals surface area contributed by atoms with Crippen molar-refractivity contribution in [3.05, 3.63) is 102 Å². The van der Waals surface area contributed by atoms with Crippen molar-refractivity contribution in [1.82, 2.24) is 4.57 Å². The second-order valence-corrected chi connectivity index (χ2v) is 7.26. The van der Waals surface area contributed by atoms with Gasteiger partial charge in [0.2, 0.25) is 0 Å². The first-order valence-electron chi connectivity index (χ1n) is 9.81. The summed E-state index contributed by atoms with van der Waals surface area (Å²) in [6.07, 6.45) is -0.0217. The molecule has 0 saturated carbocycles. The van der Waals surface area contributed by atoms with Crippen molar-refractivity contribution in [3.8, 4) is 0 Å². The molecule has 0 amide bonds. The molecule has 4 rings (SSSR count). The average molecular weight is 384 g/mol. The topological polar surface area (TPSA) is 54.3 Å². The number of aliphatic carboxylic acids is 1. The van der Waals surface area contributed by atoms with Crippen LogP contribution >= 0.6 is 0 Å². The fourth-order valence-electron chi connectivity index (χ4n) is 3.83. The molecule has 1 aromatic heterocycles. The van der Waals surface area contributed by atoms with Crippen LogP contribution in [0.4, 0.5) is 5.82 Å². The normalized spacial score (nSPS) is 12.0. The van der Waals surface area contributed by atoms with Gasteiger partial charge in [-0.05, 0) is 24.1 Å². The summed E-state index contributed by atoms with van der Waals surface area (Å²) < 4.78 is 2.20. The fraction of sp³-hybridized carbons (Fsp3) is 0.160. The number of hydrogen-bond acceptors (Lipinski definition) is 2. The van der Waals surface area contributed by atoms with E-state index in [2.05, 4.69) is 47.1 Å². The molecule has 4 heteroatoms. The Labute approximate surface area is 170 Å². The molecule has 146 valence electrons. The van der Waals surface area contributed by atoms with Crippen LogP contribution in [0.25, 0.3) is 10.9 Å². The van der Waals surface area contributed by atoms with Crippen LogP contribution in [0.5, 0.6) is 0 Å². The largest absolute Gasteiger partial charge is 0.481 e. The third-order valence-electron chi connectivity index (χ3n) is 5.24. The van der Waals surface area contributed by atoms with E-state index >= 15 is 0 Å². The monoisotopic (exact) mass is 384 g/mol. The molecule has 0 radical (unpaired) electrons. The molecule has 0 fully saturated rings. The molecule has 0 spiro atoms. The molecule has 2 N–H and O–H groups in total. The maximum atomic E-state index is 11.7. The number of benzene rings is 3. The first kappa shape index (κ1) is 18.8. The maximum absolute atomic E-state index is 11.7. The molecule has 1 atom stereocenters. The molecular formula is C25H24N2O2. The molecule has 0 unspecified atom stereocenters. The highest BCUT2D eigenvalue weighted by Crippen LogP contribution is 2.34. The van der Waals surface area contributed by atoms with Crippen molar-refractivity contribution >= 4 is 22.7 Å². The number of carboxylic acids is 1. The van der Waals surface area contributed by atoms with E-state index in [1.807, 2.05) is 54.6 Å². The van der Waals surface area contributed by atoms with Crippen molar-refractivity contribution in [1.29, 1.82) is 0 Å². The predicted molar refractivity (Wildman–Crippen MR) is 117 cm³/mol. The summed E-state index contributed by atoms with van der Waals surface area (Å²) in [4.78, 5) is 11.7. The van der Waals surface area contributed by atoms with E-state index in [1.165, 1.54) is 5.56 Å². The lowest BCUT2D eigenvalue weighted by Crippen LogP contribution is -2.14. The molecule has 1 heterocycles. The number of carboxylic acid groups (broad SMARTS) is 1. The minimum absolute atomic E-state index is 0.0217. The van der Waals surface area contributed by atoms with E-state index in [9.17, 15) is 9.90 Å². The third kappa shape index (κ3) is 4.02. The number of fused-ring (bicyclic) bond motifs is 1. The summed E-state index contributed by atoms with van der Waals surface area (Å²) in [6.45, 7) is 2.77. The standard InChI is InChI=1S/C25H24N2O2/c1-18(20-12-6-3-7-13-20)26-25-22(16-24(28)29)21-14-8-9-15-23(21)27(25)17-19-10-4-2-5-11-19/h2-15,18,26H,16-17H2,1H3,(H,28,29)/t18-/m0/s1. The number of hydrogen-bond donors (Lipinski definition) is 2. The zero-order valence-electron chi connectivity index (χ0n) is 16.4. The Morgan fingerprint density at radius 1 is 0.931 bits per heavy atom. The lowest BCUT2D eigenvalue weighted by Gasteiger charge is -2.20. The number of aromatic nitrogens is 1. The highest BCUT2D eigenvalue weighted by atomic mass is 16.4. The van der Waals surface area contributed by atoms with Crippen molar-refractivity contribution in [3.63, 3.8) is 0 Å². The molecule has 4 nitrogen and oxygen atoms in total. The fourth-order valence-corrected chi connectivity index (χ4v) is 3.83. The van der Waals surface area contributed by atoms with Crippen LogP contribution in [-0.4, -0.2) is 15.6 Å². The van der Waals surface area contributed by atoms with E-state index in [0.717, 1.165) is 27.8 Å². The molecule has 3 aromatic carbocycles. The smallest absolute Gasteiger partial charge is 0.307 e. The zero-order valence-corrected chi connectivity index (χ0v) is 16.4. The van der Waals surface area contributed by atoms with E-state index in [-0.39, 0.29) is 12.5 Å². The minimum Gasteiger partial charge on any atom is -0.481 e. The van der Waals surface area contributed by atoms with Crippen LogP contribution in [0.2, 0.25) is 0 Å². The second kappa shape index (κ2) is 8.23. The van der Waals surface area contributed by atoms with Gasteiger partial charge in [-0.25, -0.2) is 0 Å². The van der Waals surface area contributed by atoms with Crippen molar-refractivity contribution in [2.45, 2.75) is 25.9 Å². The van der Waals surface area contributed by atoms with Gasteiger partial charge in [-0.3, -0.25) is 4.79 Å². The van der Waals surface area contributed by atoms with E-state index in [0.29, 0.717) is 6.54 Å². The van der Waals surface area contributed by atoms with Gasteiger partial charge in [0.05, 0.1) is 11.9 Å². The van der Waals surface area contributed by atoms with Gasteiger partial charge in [0.1, 0.15) is 5.82 Å². The van der Waals surface area contributed by atoms with Gasteiger partial charge in [0.15, 0.2) is 0 Å². The maximum Gasteiger partial charge on any atom is 0.307 e. The first-order valence-corrected chi connectivity index (χ1v) is 9.81. The number of para-hydroxylation sites is 1. The highest BCUT2D eigenvalue weighted by molar-refractivity contribution is 5.93. The molecule has 29 heavy (non-hydrogen) atoms. The quantitative estimate of drug-likeness (QED) is 0.443. The number of anilines is 1. The second-order valence-electron chi connectivity index (χ2n) is 7.26. The van der Waals surface area contributed by atoms with Crippen molar-refractivity contribution in [2.75, 3.05) is 5.32 Å². The Hall–Kier alpha value is -3.53. The molecule has 0 saturated heterocycles. The molecule has 4 aromatic rings. The molecule has 0 aliphatic carbocycles. The first-order chi connectivity index (χ1) is 14.1. The van der Waals surface area contributed by atoms with Gasteiger partial charge >= 0.3 is 5.97 Å². The van der Waals surface area contributed by atoms with Gasteiger partial charge in [-0.2, -0.15) is 0 Å². The average Bonchev–Trinajstić information content (AvgIpc) is 3.02. The van der Waals surface area contributed by atoms with Crippen molar-refractivity contribution in [2.24, 2.45) is 0 Å². The lowest BCUT2D eigenvalue weighted by molar-refractivity contribution is -0.136. The van der Waals surface area contributed by atoms with E-state index < -0.39 is 5.97 Å². The number of carbonyl (C=O) groups is 1. The molecule has 0 aliphatic rings. The Kier molecular flexibility index (Phi) is 5.34. The highest BCUT2D eigenvalue weighted by Gasteiger charge is 2.21. The van der Waals surface area contributed by atoms with Crippen LogP contribution < -0.4 is 5.32 Å². The number of rotatable bonds is 7. The number of nitrogens with zero attached hydrogens (tertiary/aromatic N) is 1. The van der Waals surface area contributed by atoms with Gasteiger partial charge in [-0.1, -0.05) is 78.9 Å². The summed E-state index contributed by atoms with van der Waals surface area (Å²) in [5.41, 5.74) is 4.19. The Bertz CT molecular complexity index is 1120. The van der Waals surface area contributed by atoms with Gasteiger partial charge in [0, 0.05) is 23.5 Å². The molecule has 0 bridgehead atoms. The zero-order chi connectivity index (χ0) is 20.2. The van der Waals surface area contributed by atoms with Crippen molar-refractivity contribution < 1.29 is 9.90 Å². The third-order valence-corrected chi connectivity index (χ3v) is 5.24. The SMILES string of the molecule is C[C@H](Nc1c(CC(=O)O)c2ccccc2n1Cc1ccccc1)c1ccccc1. The number of nitrogens with one attached hydrogen (secondary N) is 1. The summed E-state index contributed by atoms with van der Waals surface area (Å²) in [5.74, 6) is 0.0387. The van der Waals surface area contributed by atoms with E-state index in [4.69, 9.17) is 0 Å². The van der Waals surface area contributed by atoms with Gasteiger partial charge in [-0.15, -0.1) is 0 Å². The lowest BCUT2D eigenvalue weighted by atomic mass is 10.1. The van der Waals surface area contributed by atoms with Crippen LogP contribution in [0, 0.1) is 0 Å². The summed E-state index contributed by atoms with van der Waals surface area (Å²) in [7, 11) is 0.